The largest absolute Gasteiger partial charge is 0.324 e. The molecule has 64 valence electrons. The predicted octanol–water partition coefficient (Wildman–Crippen LogP) is 1.56. The summed E-state index contributed by atoms with van der Waals surface area (Å²) in [7, 11) is 0. The molecule has 1 heterocycles. The van der Waals surface area contributed by atoms with Crippen molar-refractivity contribution in [3.63, 3.8) is 0 Å². The summed E-state index contributed by atoms with van der Waals surface area (Å²) < 4.78 is 0. The van der Waals surface area contributed by atoms with Crippen molar-refractivity contribution in [2.45, 2.75) is 13.8 Å². The summed E-state index contributed by atoms with van der Waals surface area (Å²) in [5.74, 6) is -0.118. The van der Waals surface area contributed by atoms with Crippen LogP contribution in [0.5, 0.6) is 0 Å². The fraction of sp³-hybridized carbons (Fsp3) is 0.250. The number of thiazole rings is 1. The molecule has 0 spiro atoms. The highest BCUT2D eigenvalue weighted by atomic mass is 32.1. The molecule has 1 N–H and O–H groups in total. The molecule has 1 aromatic heterocycles. The zero-order chi connectivity index (χ0) is 9.14. The van der Waals surface area contributed by atoms with Crippen molar-refractivity contribution in [3.05, 3.63) is 22.7 Å². The number of carbonyl (C=O) groups is 1. The van der Waals surface area contributed by atoms with Gasteiger partial charge in [-0.1, -0.05) is 6.58 Å². The number of amides is 1. The molecule has 3 nitrogen and oxygen atoms in total. The zero-order valence-corrected chi connectivity index (χ0v) is 7.86. The first-order valence-electron chi connectivity index (χ1n) is 3.48. The summed E-state index contributed by atoms with van der Waals surface area (Å²) in [6, 6.07) is 0. The van der Waals surface area contributed by atoms with Gasteiger partial charge in [-0.05, 0) is 6.92 Å². The Morgan fingerprint density at radius 2 is 2.42 bits per heavy atom. The van der Waals surface area contributed by atoms with Crippen molar-refractivity contribution in [1.29, 1.82) is 0 Å². The second-order valence-corrected chi connectivity index (χ2v) is 3.31. The minimum atomic E-state index is -0.118. The number of rotatable bonds is 2. The number of hydrogen-bond acceptors (Lipinski definition) is 3. The van der Waals surface area contributed by atoms with E-state index in [0.717, 1.165) is 10.7 Å². The summed E-state index contributed by atoms with van der Waals surface area (Å²) >= 11 is 1.47. The van der Waals surface area contributed by atoms with E-state index in [-0.39, 0.29) is 5.91 Å². The van der Waals surface area contributed by atoms with Crippen LogP contribution in [0, 0.1) is 6.92 Å². The molecule has 1 amide bonds. The van der Waals surface area contributed by atoms with Crippen molar-refractivity contribution in [2.24, 2.45) is 0 Å². The minimum Gasteiger partial charge on any atom is -0.324 e. The maximum absolute atomic E-state index is 10.6. The third-order valence-electron chi connectivity index (χ3n) is 1.20. The van der Waals surface area contributed by atoms with E-state index in [1.807, 2.05) is 12.3 Å². The second-order valence-electron chi connectivity index (χ2n) is 2.45. The smallest absolute Gasteiger partial charge is 0.221 e. The molecule has 0 radical (unpaired) electrons. The maximum Gasteiger partial charge on any atom is 0.221 e. The Balaban J connectivity index is 2.72. The predicted molar refractivity (Wildman–Crippen MR) is 49.7 cm³/mol. The van der Waals surface area contributed by atoms with Gasteiger partial charge in [0.25, 0.3) is 0 Å². The van der Waals surface area contributed by atoms with Crippen LogP contribution >= 0.6 is 11.3 Å². The summed E-state index contributed by atoms with van der Waals surface area (Å²) in [4.78, 5) is 14.8. The van der Waals surface area contributed by atoms with Crippen molar-refractivity contribution < 1.29 is 4.79 Å². The molecule has 0 unspecified atom stereocenters. The lowest BCUT2D eigenvalue weighted by Gasteiger charge is -2.00. The van der Waals surface area contributed by atoms with Crippen LogP contribution in [-0.2, 0) is 4.79 Å². The molecular weight excluding hydrogens is 172 g/mol. The monoisotopic (exact) mass is 182 g/mol. The molecule has 0 saturated heterocycles. The first-order chi connectivity index (χ1) is 5.59. The average Bonchev–Trinajstić information content (AvgIpc) is 2.34. The normalized spacial score (nSPS) is 9.50. The van der Waals surface area contributed by atoms with Crippen LogP contribution < -0.4 is 5.32 Å². The van der Waals surface area contributed by atoms with Crippen molar-refractivity contribution >= 4 is 22.9 Å². The SMILES string of the molecule is C=C(NC(C)=O)c1nc(C)cs1. The number of aromatic nitrogens is 1. The molecule has 1 rings (SSSR count). The first kappa shape index (κ1) is 8.93. The van der Waals surface area contributed by atoms with Crippen molar-refractivity contribution in [3.8, 4) is 0 Å². The van der Waals surface area contributed by atoms with Gasteiger partial charge in [-0.25, -0.2) is 4.98 Å². The van der Waals surface area contributed by atoms with Gasteiger partial charge in [0.1, 0.15) is 5.01 Å². The topological polar surface area (TPSA) is 42.0 Å². The molecule has 0 fully saturated rings. The van der Waals surface area contributed by atoms with E-state index in [0.29, 0.717) is 5.70 Å². The van der Waals surface area contributed by atoms with Gasteiger partial charge >= 0.3 is 0 Å². The Hall–Kier alpha value is -1.16. The molecule has 12 heavy (non-hydrogen) atoms. The molecule has 0 aliphatic heterocycles. The molecule has 0 aromatic carbocycles. The van der Waals surface area contributed by atoms with Crippen molar-refractivity contribution in [1.82, 2.24) is 10.3 Å². The number of aryl methyl sites for hydroxylation is 1. The van der Waals surface area contributed by atoms with Crippen LogP contribution in [0.2, 0.25) is 0 Å². The average molecular weight is 182 g/mol. The third kappa shape index (κ3) is 2.17. The lowest BCUT2D eigenvalue weighted by Crippen LogP contribution is -2.16. The van der Waals surface area contributed by atoms with Gasteiger partial charge in [-0.15, -0.1) is 11.3 Å². The summed E-state index contributed by atoms with van der Waals surface area (Å²) in [6.07, 6.45) is 0. The van der Waals surface area contributed by atoms with Gasteiger partial charge in [0.05, 0.1) is 5.70 Å². The molecule has 4 heteroatoms. The van der Waals surface area contributed by atoms with E-state index in [1.54, 1.807) is 0 Å². The van der Waals surface area contributed by atoms with E-state index in [2.05, 4.69) is 16.9 Å². The molecule has 0 atom stereocenters. The Morgan fingerprint density at radius 1 is 1.75 bits per heavy atom. The Bertz CT molecular complexity index is 317. The summed E-state index contributed by atoms with van der Waals surface area (Å²) in [6.45, 7) is 7.05. The van der Waals surface area contributed by atoms with Crippen LogP contribution in [0.3, 0.4) is 0 Å². The highest BCUT2D eigenvalue weighted by Gasteiger charge is 2.03. The fourth-order valence-corrected chi connectivity index (χ4v) is 1.48. The van der Waals surface area contributed by atoms with E-state index < -0.39 is 0 Å². The lowest BCUT2D eigenvalue weighted by molar-refractivity contribution is -0.117. The van der Waals surface area contributed by atoms with Gasteiger partial charge in [0.2, 0.25) is 5.91 Å². The fourth-order valence-electron chi connectivity index (χ4n) is 0.759. The lowest BCUT2D eigenvalue weighted by atomic mass is 10.5. The molecule has 0 saturated carbocycles. The van der Waals surface area contributed by atoms with Crippen LogP contribution in [0.1, 0.15) is 17.6 Å². The van der Waals surface area contributed by atoms with Crippen LogP contribution in [0.4, 0.5) is 0 Å². The van der Waals surface area contributed by atoms with E-state index >= 15 is 0 Å². The van der Waals surface area contributed by atoms with Gasteiger partial charge in [-0.3, -0.25) is 4.79 Å². The Kier molecular flexibility index (Phi) is 2.60. The van der Waals surface area contributed by atoms with Crippen LogP contribution in [0.25, 0.3) is 5.70 Å². The number of nitrogens with zero attached hydrogens (tertiary/aromatic N) is 1. The molecule has 1 aromatic rings. The van der Waals surface area contributed by atoms with E-state index in [1.165, 1.54) is 18.3 Å². The first-order valence-corrected chi connectivity index (χ1v) is 4.36. The van der Waals surface area contributed by atoms with E-state index in [9.17, 15) is 4.79 Å². The van der Waals surface area contributed by atoms with Crippen molar-refractivity contribution in [2.75, 3.05) is 0 Å². The van der Waals surface area contributed by atoms with Gasteiger partial charge in [0, 0.05) is 18.0 Å². The second kappa shape index (κ2) is 3.49. The van der Waals surface area contributed by atoms with Gasteiger partial charge in [-0.2, -0.15) is 0 Å². The quantitative estimate of drug-likeness (QED) is 0.754. The minimum absolute atomic E-state index is 0.118. The maximum atomic E-state index is 10.6. The highest BCUT2D eigenvalue weighted by molar-refractivity contribution is 7.10. The summed E-state index contributed by atoms with van der Waals surface area (Å²) in [5, 5.41) is 5.27. The van der Waals surface area contributed by atoms with Gasteiger partial charge in [0.15, 0.2) is 0 Å². The molecule has 0 aliphatic carbocycles. The molecule has 0 aliphatic rings. The summed E-state index contributed by atoms with van der Waals surface area (Å²) in [5.41, 5.74) is 1.52. The Morgan fingerprint density at radius 3 is 2.83 bits per heavy atom. The van der Waals surface area contributed by atoms with Crippen LogP contribution in [-0.4, -0.2) is 10.9 Å². The highest BCUT2D eigenvalue weighted by Crippen LogP contribution is 2.14. The third-order valence-corrected chi connectivity index (χ3v) is 2.22. The zero-order valence-electron chi connectivity index (χ0n) is 7.05. The molecular formula is C8H10N2OS. The standard InChI is InChI=1S/C8H10N2OS/c1-5-4-12-8(9-5)6(2)10-7(3)11/h4H,2H2,1,3H3,(H,10,11). The van der Waals surface area contributed by atoms with Crippen LogP contribution in [0.15, 0.2) is 12.0 Å². The molecule has 0 bridgehead atoms. The van der Waals surface area contributed by atoms with Gasteiger partial charge < -0.3 is 5.32 Å². The number of carbonyl (C=O) groups excluding carboxylic acids is 1. The van der Waals surface area contributed by atoms with E-state index in [4.69, 9.17) is 0 Å². The number of nitrogens with one attached hydrogen (secondary N) is 1. The Labute approximate surface area is 75.1 Å². The number of hydrogen-bond donors (Lipinski definition) is 1.